The molecule has 2 amide bonds. The highest BCUT2D eigenvalue weighted by atomic mass is 32.2. The zero-order valence-electron chi connectivity index (χ0n) is 15.2. The van der Waals surface area contributed by atoms with Crippen molar-refractivity contribution >= 4 is 22.9 Å². The molecule has 0 saturated carbocycles. The van der Waals surface area contributed by atoms with E-state index >= 15 is 0 Å². The summed E-state index contributed by atoms with van der Waals surface area (Å²) in [5.74, 6) is 0.614. The predicted octanol–water partition coefficient (Wildman–Crippen LogP) is 3.52. The zero-order valence-corrected chi connectivity index (χ0v) is 16.0. The quantitative estimate of drug-likeness (QED) is 0.794. The molecule has 1 unspecified atom stereocenters. The van der Waals surface area contributed by atoms with E-state index in [0.717, 1.165) is 42.5 Å². The molecule has 0 radical (unpaired) electrons. The maximum atomic E-state index is 11.6. The van der Waals surface area contributed by atoms with Crippen LogP contribution in [0.25, 0.3) is 0 Å². The lowest BCUT2D eigenvalue weighted by Gasteiger charge is -2.27. The average Bonchev–Trinajstić information content (AvgIpc) is 2.95. The summed E-state index contributed by atoms with van der Waals surface area (Å²) in [5.41, 5.74) is 3.75. The van der Waals surface area contributed by atoms with Crippen molar-refractivity contribution < 1.29 is 14.3 Å². The van der Waals surface area contributed by atoms with Crippen LogP contribution in [0.3, 0.4) is 0 Å². The van der Waals surface area contributed by atoms with Gasteiger partial charge in [0.2, 0.25) is 5.91 Å². The van der Waals surface area contributed by atoms with Crippen LogP contribution in [0.1, 0.15) is 25.3 Å². The molecular formula is C20H24N2O3S. The first-order valence-corrected chi connectivity index (χ1v) is 9.76. The summed E-state index contributed by atoms with van der Waals surface area (Å²) in [7, 11) is 2.12. The number of imide groups is 1. The highest BCUT2D eigenvalue weighted by Gasteiger charge is 2.31. The van der Waals surface area contributed by atoms with E-state index in [1.54, 1.807) is 0 Å². The van der Waals surface area contributed by atoms with Gasteiger partial charge in [0, 0.05) is 25.7 Å². The third-order valence-corrected chi connectivity index (χ3v) is 5.62. The molecule has 0 aromatic heterocycles. The topological polar surface area (TPSA) is 58.6 Å². The monoisotopic (exact) mass is 372 g/mol. The molecule has 6 heteroatoms. The molecule has 0 aliphatic carbocycles. The molecular weight excluding hydrogens is 348 g/mol. The van der Waals surface area contributed by atoms with Gasteiger partial charge in [-0.25, -0.2) is 0 Å². The maximum absolute atomic E-state index is 11.6. The minimum absolute atomic E-state index is 0.203. The number of benzene rings is 1. The van der Waals surface area contributed by atoms with E-state index < -0.39 is 0 Å². The lowest BCUT2D eigenvalue weighted by molar-refractivity contribution is -0.118. The Labute approximate surface area is 158 Å². The highest BCUT2D eigenvalue weighted by molar-refractivity contribution is 8.15. The Morgan fingerprint density at radius 3 is 2.62 bits per heavy atom. The summed E-state index contributed by atoms with van der Waals surface area (Å²) in [4.78, 5) is 25.1. The summed E-state index contributed by atoms with van der Waals surface area (Å²) < 4.78 is 5.85. The van der Waals surface area contributed by atoms with Crippen molar-refractivity contribution in [2.45, 2.75) is 31.4 Å². The number of rotatable bonds is 7. The lowest BCUT2D eigenvalue weighted by Crippen LogP contribution is -2.25. The first-order valence-electron chi connectivity index (χ1n) is 8.88. The molecule has 2 aliphatic rings. The van der Waals surface area contributed by atoms with Gasteiger partial charge in [-0.15, -0.1) is 0 Å². The molecule has 1 fully saturated rings. The van der Waals surface area contributed by atoms with Crippen molar-refractivity contribution in [2.75, 3.05) is 20.2 Å². The molecule has 0 bridgehead atoms. The minimum Gasteiger partial charge on any atom is -0.493 e. The standard InChI is InChI=1S/C20H24N2O3S/c1-3-14-4-7-16(22(2)13-14)10-11-25-17-8-5-15(6-9-17)12-18-19(23)21-20(24)26-18/h4-9,18H,3,10-13H2,1-2H3,(H,21,23,24). The van der Waals surface area contributed by atoms with E-state index in [1.165, 1.54) is 11.3 Å². The normalized spacial score (nSPS) is 19.9. The fourth-order valence-electron chi connectivity index (χ4n) is 3.04. The predicted molar refractivity (Wildman–Crippen MR) is 104 cm³/mol. The number of nitrogens with zero attached hydrogens (tertiary/aromatic N) is 1. The van der Waals surface area contributed by atoms with Crippen LogP contribution in [0, 0.1) is 0 Å². The SMILES string of the molecule is CCC1=CC=C(CCOc2ccc(CC3SC(=O)NC3=O)cc2)N(C)C1. The van der Waals surface area contributed by atoms with Crippen LogP contribution in [0.2, 0.25) is 0 Å². The van der Waals surface area contributed by atoms with Crippen LogP contribution in [-0.4, -0.2) is 41.5 Å². The summed E-state index contributed by atoms with van der Waals surface area (Å²) in [6, 6.07) is 7.74. The zero-order chi connectivity index (χ0) is 18.5. The van der Waals surface area contributed by atoms with Gasteiger partial charge in [-0.3, -0.25) is 14.9 Å². The molecule has 1 N–H and O–H groups in total. The van der Waals surface area contributed by atoms with Gasteiger partial charge in [0.15, 0.2) is 0 Å². The van der Waals surface area contributed by atoms with Gasteiger partial charge < -0.3 is 9.64 Å². The van der Waals surface area contributed by atoms with Gasteiger partial charge in [-0.1, -0.05) is 42.5 Å². The van der Waals surface area contributed by atoms with E-state index in [0.29, 0.717) is 13.0 Å². The Kier molecular flexibility index (Phi) is 6.04. The Morgan fingerprint density at radius 1 is 1.23 bits per heavy atom. The Hall–Kier alpha value is -2.21. The van der Waals surface area contributed by atoms with Crippen molar-refractivity contribution in [3.05, 3.63) is 53.3 Å². The van der Waals surface area contributed by atoms with Crippen LogP contribution in [0.4, 0.5) is 4.79 Å². The largest absolute Gasteiger partial charge is 0.493 e. The fraction of sp³-hybridized carbons (Fsp3) is 0.400. The van der Waals surface area contributed by atoms with Crippen LogP contribution in [0.15, 0.2) is 47.7 Å². The third kappa shape index (κ3) is 4.69. The van der Waals surface area contributed by atoms with Crippen molar-refractivity contribution in [2.24, 2.45) is 0 Å². The number of hydrogen-bond acceptors (Lipinski definition) is 5. The number of likely N-dealkylation sites (N-methyl/N-ethyl adjacent to an activating group) is 1. The number of hydrogen-bond donors (Lipinski definition) is 1. The van der Waals surface area contributed by atoms with Gasteiger partial charge in [0.25, 0.3) is 5.24 Å². The maximum Gasteiger partial charge on any atom is 0.286 e. The van der Waals surface area contributed by atoms with E-state index in [9.17, 15) is 9.59 Å². The molecule has 0 spiro atoms. The summed E-state index contributed by atoms with van der Waals surface area (Å²) in [6.45, 7) is 3.80. The molecule has 2 aliphatic heterocycles. The van der Waals surface area contributed by atoms with E-state index in [1.807, 2.05) is 24.3 Å². The van der Waals surface area contributed by atoms with E-state index in [4.69, 9.17) is 4.74 Å². The smallest absolute Gasteiger partial charge is 0.286 e. The number of thioether (sulfide) groups is 1. The van der Waals surface area contributed by atoms with Crippen LogP contribution >= 0.6 is 11.8 Å². The van der Waals surface area contributed by atoms with Gasteiger partial charge in [-0.2, -0.15) is 0 Å². The summed E-state index contributed by atoms with van der Waals surface area (Å²) in [5, 5.41) is 1.72. The fourth-order valence-corrected chi connectivity index (χ4v) is 3.90. The van der Waals surface area contributed by atoms with Crippen molar-refractivity contribution in [1.29, 1.82) is 0 Å². The number of carbonyl (C=O) groups is 2. The Balaban J connectivity index is 1.47. The van der Waals surface area contributed by atoms with Crippen molar-refractivity contribution in [1.82, 2.24) is 10.2 Å². The summed E-state index contributed by atoms with van der Waals surface area (Å²) >= 11 is 1.06. The first kappa shape index (κ1) is 18.6. The van der Waals surface area contributed by atoms with E-state index in [-0.39, 0.29) is 16.4 Å². The second-order valence-electron chi connectivity index (χ2n) is 6.52. The second kappa shape index (κ2) is 8.45. The van der Waals surface area contributed by atoms with Gasteiger partial charge >= 0.3 is 0 Å². The minimum atomic E-state index is -0.330. The number of amides is 2. The average molecular weight is 372 g/mol. The molecule has 1 atom stereocenters. The molecule has 2 heterocycles. The number of allylic oxidation sites excluding steroid dienone is 2. The Morgan fingerprint density at radius 2 is 2.00 bits per heavy atom. The molecule has 3 rings (SSSR count). The molecule has 5 nitrogen and oxygen atoms in total. The van der Waals surface area contributed by atoms with Crippen molar-refractivity contribution in [3.63, 3.8) is 0 Å². The van der Waals surface area contributed by atoms with Crippen LogP contribution in [-0.2, 0) is 11.2 Å². The molecule has 138 valence electrons. The highest BCUT2D eigenvalue weighted by Crippen LogP contribution is 2.24. The number of carbonyl (C=O) groups excluding carboxylic acids is 2. The molecule has 1 saturated heterocycles. The molecule has 1 aromatic rings. The second-order valence-corrected chi connectivity index (χ2v) is 7.70. The number of nitrogens with one attached hydrogen (secondary N) is 1. The van der Waals surface area contributed by atoms with Gasteiger partial charge in [0.05, 0.1) is 11.9 Å². The lowest BCUT2D eigenvalue weighted by atomic mass is 10.1. The van der Waals surface area contributed by atoms with Gasteiger partial charge in [0.1, 0.15) is 5.75 Å². The van der Waals surface area contributed by atoms with E-state index in [2.05, 4.69) is 36.3 Å². The summed E-state index contributed by atoms with van der Waals surface area (Å²) in [6.07, 6.45) is 6.90. The van der Waals surface area contributed by atoms with Crippen molar-refractivity contribution in [3.8, 4) is 5.75 Å². The first-order chi connectivity index (χ1) is 12.5. The molecule has 1 aromatic carbocycles. The van der Waals surface area contributed by atoms with Gasteiger partial charge in [-0.05, 0) is 36.6 Å². The number of ether oxygens (including phenoxy) is 1. The van der Waals surface area contributed by atoms with Crippen LogP contribution < -0.4 is 10.1 Å². The Bertz CT molecular complexity index is 740. The van der Waals surface area contributed by atoms with Crippen LogP contribution in [0.5, 0.6) is 5.75 Å². The third-order valence-electron chi connectivity index (χ3n) is 4.63. The molecule has 26 heavy (non-hydrogen) atoms.